The molecule has 0 saturated carbocycles. The number of aliphatic hydroxyl groups excluding tert-OH is 1. The zero-order valence-corrected chi connectivity index (χ0v) is 10.5. The zero-order chi connectivity index (χ0) is 12.3. The third kappa shape index (κ3) is 3.07. The fourth-order valence-electron chi connectivity index (χ4n) is 1.11. The lowest BCUT2D eigenvalue weighted by molar-refractivity contribution is 0.0682. The van der Waals surface area contributed by atoms with Gasteiger partial charge in [-0.05, 0) is 19.1 Å². The molecular formula is C10H12Cl2N2O2. The molecule has 16 heavy (non-hydrogen) atoms. The molecule has 1 amide bonds. The average molecular weight is 263 g/mol. The molecule has 0 fully saturated rings. The second-order valence-corrected chi connectivity index (χ2v) is 4.22. The van der Waals surface area contributed by atoms with E-state index in [0.29, 0.717) is 5.56 Å². The van der Waals surface area contributed by atoms with E-state index in [-0.39, 0.29) is 28.9 Å². The Balaban J connectivity index is 2.96. The number of rotatable bonds is 3. The molecule has 0 radical (unpaired) electrons. The molecule has 0 spiro atoms. The molecule has 0 bridgehead atoms. The Bertz CT molecular complexity index is 378. The number of amides is 1. The lowest BCUT2D eigenvalue weighted by atomic mass is 10.2. The molecule has 1 unspecified atom stereocenters. The van der Waals surface area contributed by atoms with Gasteiger partial charge in [-0.2, -0.15) is 0 Å². The van der Waals surface area contributed by atoms with Crippen LogP contribution in [0.3, 0.4) is 0 Å². The summed E-state index contributed by atoms with van der Waals surface area (Å²) in [5, 5.41) is 9.29. The van der Waals surface area contributed by atoms with Crippen LogP contribution in [-0.4, -0.2) is 40.6 Å². The summed E-state index contributed by atoms with van der Waals surface area (Å²) in [4.78, 5) is 17.1. The van der Waals surface area contributed by atoms with E-state index in [1.165, 1.54) is 17.0 Å². The van der Waals surface area contributed by atoms with E-state index in [0.717, 1.165) is 0 Å². The zero-order valence-electron chi connectivity index (χ0n) is 8.94. The molecule has 0 aromatic carbocycles. The Morgan fingerprint density at radius 1 is 1.50 bits per heavy atom. The lowest BCUT2D eigenvalue weighted by Crippen LogP contribution is -2.37. The van der Waals surface area contributed by atoms with Gasteiger partial charge in [0.15, 0.2) is 0 Å². The third-order valence-corrected chi connectivity index (χ3v) is 2.64. The van der Waals surface area contributed by atoms with Crippen molar-refractivity contribution < 1.29 is 9.90 Å². The molecule has 1 rings (SSSR count). The van der Waals surface area contributed by atoms with Crippen LogP contribution >= 0.6 is 23.2 Å². The summed E-state index contributed by atoms with van der Waals surface area (Å²) in [5.74, 6) is -0.257. The first-order chi connectivity index (χ1) is 7.45. The molecule has 4 nitrogen and oxygen atoms in total. The van der Waals surface area contributed by atoms with Crippen molar-refractivity contribution in [2.75, 3.05) is 13.7 Å². The number of hydrogen-bond acceptors (Lipinski definition) is 3. The van der Waals surface area contributed by atoms with Crippen LogP contribution in [0.15, 0.2) is 12.1 Å². The van der Waals surface area contributed by atoms with E-state index in [1.54, 1.807) is 14.0 Å². The SMILES string of the molecule is CC(CO)N(C)C(=O)c1cc(Cl)nc(Cl)c1. The molecule has 0 saturated heterocycles. The lowest BCUT2D eigenvalue weighted by Gasteiger charge is -2.23. The minimum atomic E-state index is -0.266. The van der Waals surface area contributed by atoms with E-state index < -0.39 is 0 Å². The number of aliphatic hydroxyl groups is 1. The van der Waals surface area contributed by atoms with Crippen molar-refractivity contribution in [3.63, 3.8) is 0 Å². The van der Waals surface area contributed by atoms with Gasteiger partial charge in [0.2, 0.25) is 0 Å². The van der Waals surface area contributed by atoms with Gasteiger partial charge in [0, 0.05) is 12.6 Å². The van der Waals surface area contributed by atoms with E-state index in [1.807, 2.05) is 0 Å². The summed E-state index contributed by atoms with van der Waals surface area (Å²) in [7, 11) is 1.60. The predicted molar refractivity (Wildman–Crippen MR) is 62.9 cm³/mol. The highest BCUT2D eigenvalue weighted by Crippen LogP contribution is 2.16. The quantitative estimate of drug-likeness (QED) is 0.846. The summed E-state index contributed by atoms with van der Waals surface area (Å²) in [5.41, 5.74) is 0.354. The standard InChI is InChI=1S/C10H12Cl2N2O2/c1-6(5-15)14(2)10(16)7-3-8(11)13-9(12)4-7/h3-4,6,15H,5H2,1-2H3. The topological polar surface area (TPSA) is 53.4 Å². The van der Waals surface area contributed by atoms with Crippen LogP contribution in [0.5, 0.6) is 0 Å². The van der Waals surface area contributed by atoms with Gasteiger partial charge in [-0.1, -0.05) is 23.2 Å². The van der Waals surface area contributed by atoms with Gasteiger partial charge in [0.05, 0.1) is 12.6 Å². The van der Waals surface area contributed by atoms with E-state index in [9.17, 15) is 4.79 Å². The molecule has 1 N–H and O–H groups in total. The number of hydrogen-bond donors (Lipinski definition) is 1. The van der Waals surface area contributed by atoms with Gasteiger partial charge < -0.3 is 10.0 Å². The van der Waals surface area contributed by atoms with Gasteiger partial charge in [0.25, 0.3) is 5.91 Å². The summed E-state index contributed by atoms with van der Waals surface area (Å²) in [6.45, 7) is 1.64. The maximum atomic E-state index is 11.9. The summed E-state index contributed by atoms with van der Waals surface area (Å²) in [6.07, 6.45) is 0. The van der Waals surface area contributed by atoms with Gasteiger partial charge in [-0.25, -0.2) is 4.98 Å². The monoisotopic (exact) mass is 262 g/mol. The Kier molecular flexibility index (Phi) is 4.53. The molecule has 0 aliphatic rings. The van der Waals surface area contributed by atoms with Crippen LogP contribution < -0.4 is 0 Å². The number of likely N-dealkylation sites (N-methyl/N-ethyl adjacent to an activating group) is 1. The number of pyridine rings is 1. The molecule has 1 aromatic heterocycles. The van der Waals surface area contributed by atoms with Crippen LogP contribution in [0.1, 0.15) is 17.3 Å². The highest BCUT2D eigenvalue weighted by atomic mass is 35.5. The van der Waals surface area contributed by atoms with Gasteiger partial charge in [-0.3, -0.25) is 4.79 Å². The van der Waals surface area contributed by atoms with Gasteiger partial charge >= 0.3 is 0 Å². The largest absolute Gasteiger partial charge is 0.394 e. The number of carbonyl (C=O) groups excluding carboxylic acids is 1. The van der Waals surface area contributed by atoms with Crippen molar-refractivity contribution >= 4 is 29.1 Å². The Hall–Kier alpha value is -0.840. The van der Waals surface area contributed by atoms with Crippen LogP contribution in [0.25, 0.3) is 0 Å². The summed E-state index contributed by atoms with van der Waals surface area (Å²) < 4.78 is 0. The fraction of sp³-hybridized carbons (Fsp3) is 0.400. The van der Waals surface area contributed by atoms with Crippen molar-refractivity contribution in [2.45, 2.75) is 13.0 Å². The maximum Gasteiger partial charge on any atom is 0.254 e. The first-order valence-electron chi connectivity index (χ1n) is 4.66. The van der Waals surface area contributed by atoms with E-state index in [2.05, 4.69) is 4.98 Å². The normalized spacial score (nSPS) is 12.3. The highest BCUT2D eigenvalue weighted by molar-refractivity contribution is 6.33. The second-order valence-electron chi connectivity index (χ2n) is 3.45. The van der Waals surface area contributed by atoms with Gasteiger partial charge in [-0.15, -0.1) is 0 Å². The van der Waals surface area contributed by atoms with Crippen LogP contribution in [0, 0.1) is 0 Å². The smallest absolute Gasteiger partial charge is 0.254 e. The molecule has 6 heteroatoms. The van der Waals surface area contributed by atoms with E-state index in [4.69, 9.17) is 28.3 Å². The van der Waals surface area contributed by atoms with Crippen LogP contribution in [0.4, 0.5) is 0 Å². The molecule has 1 atom stereocenters. The third-order valence-electron chi connectivity index (χ3n) is 2.26. The Morgan fingerprint density at radius 3 is 2.44 bits per heavy atom. The molecule has 1 heterocycles. The van der Waals surface area contributed by atoms with Crippen molar-refractivity contribution in [1.29, 1.82) is 0 Å². The first kappa shape index (κ1) is 13.2. The maximum absolute atomic E-state index is 11.9. The van der Waals surface area contributed by atoms with Crippen LogP contribution in [0.2, 0.25) is 10.3 Å². The number of carbonyl (C=O) groups is 1. The van der Waals surface area contributed by atoms with Crippen LogP contribution in [-0.2, 0) is 0 Å². The van der Waals surface area contributed by atoms with Crippen molar-refractivity contribution in [3.8, 4) is 0 Å². The second kappa shape index (κ2) is 5.48. The predicted octanol–water partition coefficient (Wildman–Crippen LogP) is 1.84. The van der Waals surface area contributed by atoms with Crippen molar-refractivity contribution in [1.82, 2.24) is 9.88 Å². The molecular weight excluding hydrogens is 251 g/mol. The average Bonchev–Trinajstić information content (AvgIpc) is 2.24. The summed E-state index contributed by atoms with van der Waals surface area (Å²) in [6, 6.07) is 2.62. The molecule has 1 aromatic rings. The van der Waals surface area contributed by atoms with Crippen molar-refractivity contribution in [2.24, 2.45) is 0 Å². The number of aromatic nitrogens is 1. The van der Waals surface area contributed by atoms with E-state index >= 15 is 0 Å². The Labute approximate surface area is 104 Å². The number of halogens is 2. The molecule has 0 aliphatic heterocycles. The molecule has 0 aliphatic carbocycles. The highest BCUT2D eigenvalue weighted by Gasteiger charge is 2.17. The Morgan fingerprint density at radius 2 is 2.00 bits per heavy atom. The number of nitrogens with zero attached hydrogens (tertiary/aromatic N) is 2. The first-order valence-corrected chi connectivity index (χ1v) is 5.42. The molecule has 88 valence electrons. The minimum absolute atomic E-state index is 0.102. The van der Waals surface area contributed by atoms with Gasteiger partial charge in [0.1, 0.15) is 10.3 Å². The fourth-order valence-corrected chi connectivity index (χ4v) is 1.58. The summed E-state index contributed by atoms with van der Waals surface area (Å²) >= 11 is 11.4. The van der Waals surface area contributed by atoms with Crippen molar-refractivity contribution in [3.05, 3.63) is 28.0 Å². The minimum Gasteiger partial charge on any atom is -0.394 e.